The van der Waals surface area contributed by atoms with Crippen LogP contribution < -0.4 is 11.1 Å². The maximum Gasteiger partial charge on any atom is 0.220 e. The van der Waals surface area contributed by atoms with E-state index in [0.29, 0.717) is 18.9 Å². The zero-order chi connectivity index (χ0) is 13.0. The number of hydrogen-bond donors (Lipinski definition) is 2. The molecule has 0 spiro atoms. The molecular formula is C14H22N2OS. The Morgan fingerprint density at radius 2 is 2.28 bits per heavy atom. The predicted molar refractivity (Wildman–Crippen MR) is 75.5 cm³/mol. The highest BCUT2D eigenvalue weighted by Gasteiger charge is 2.23. The van der Waals surface area contributed by atoms with Crippen LogP contribution in [0.4, 0.5) is 0 Å². The molecule has 3 nitrogen and oxygen atoms in total. The molecule has 2 rings (SSSR count). The lowest BCUT2D eigenvalue weighted by atomic mass is 9.83. The Morgan fingerprint density at radius 3 is 2.94 bits per heavy atom. The van der Waals surface area contributed by atoms with Gasteiger partial charge in [0, 0.05) is 17.3 Å². The van der Waals surface area contributed by atoms with Gasteiger partial charge in [0.25, 0.3) is 0 Å². The van der Waals surface area contributed by atoms with Crippen LogP contribution in [-0.2, 0) is 11.3 Å². The molecule has 0 aliphatic heterocycles. The molecule has 2 unspecified atom stereocenters. The van der Waals surface area contributed by atoms with Gasteiger partial charge in [0.15, 0.2) is 0 Å². The van der Waals surface area contributed by atoms with Gasteiger partial charge in [0.1, 0.15) is 0 Å². The summed E-state index contributed by atoms with van der Waals surface area (Å²) >= 11 is 1.70. The molecule has 1 amide bonds. The number of nitrogens with one attached hydrogen (secondary N) is 1. The first-order chi connectivity index (χ1) is 8.66. The molecule has 3 N–H and O–H groups in total. The molecule has 18 heavy (non-hydrogen) atoms. The molecule has 100 valence electrons. The summed E-state index contributed by atoms with van der Waals surface area (Å²) in [6.45, 7) is 2.74. The molecule has 2 atom stereocenters. The van der Waals surface area contributed by atoms with Crippen molar-refractivity contribution in [2.24, 2.45) is 11.7 Å². The van der Waals surface area contributed by atoms with Gasteiger partial charge in [-0.1, -0.05) is 12.8 Å². The Morgan fingerprint density at radius 1 is 1.50 bits per heavy atom. The number of hydrogen-bond acceptors (Lipinski definition) is 3. The summed E-state index contributed by atoms with van der Waals surface area (Å²) < 4.78 is 0. The topological polar surface area (TPSA) is 55.1 Å². The van der Waals surface area contributed by atoms with Crippen LogP contribution in [0, 0.1) is 12.8 Å². The SMILES string of the molecule is Cc1ccsc1CNC(=O)CC1CCCCC1N. The van der Waals surface area contributed by atoms with Crippen LogP contribution in [0.15, 0.2) is 11.4 Å². The van der Waals surface area contributed by atoms with E-state index in [1.54, 1.807) is 11.3 Å². The molecule has 0 saturated heterocycles. The Labute approximate surface area is 113 Å². The molecule has 0 aromatic carbocycles. The van der Waals surface area contributed by atoms with Gasteiger partial charge < -0.3 is 11.1 Å². The third kappa shape index (κ3) is 3.56. The summed E-state index contributed by atoms with van der Waals surface area (Å²) in [5, 5.41) is 5.07. The van der Waals surface area contributed by atoms with Gasteiger partial charge in [0.2, 0.25) is 5.91 Å². The third-order valence-electron chi connectivity index (χ3n) is 3.83. The van der Waals surface area contributed by atoms with E-state index in [4.69, 9.17) is 5.73 Å². The molecule has 1 aliphatic carbocycles. The second-order valence-electron chi connectivity index (χ2n) is 5.22. The molecular weight excluding hydrogens is 244 g/mol. The van der Waals surface area contributed by atoms with Crippen LogP contribution in [0.2, 0.25) is 0 Å². The summed E-state index contributed by atoms with van der Waals surface area (Å²) in [7, 11) is 0. The van der Waals surface area contributed by atoms with E-state index in [1.165, 1.54) is 23.3 Å². The van der Waals surface area contributed by atoms with Crippen molar-refractivity contribution >= 4 is 17.2 Å². The minimum atomic E-state index is 0.144. The zero-order valence-electron chi connectivity index (χ0n) is 10.9. The van der Waals surface area contributed by atoms with Crippen molar-refractivity contribution in [2.45, 2.75) is 51.6 Å². The van der Waals surface area contributed by atoms with Crippen LogP contribution in [0.25, 0.3) is 0 Å². The summed E-state index contributed by atoms with van der Waals surface area (Å²) in [5.41, 5.74) is 7.32. The highest BCUT2D eigenvalue weighted by molar-refractivity contribution is 7.10. The first-order valence-electron chi connectivity index (χ1n) is 6.72. The van der Waals surface area contributed by atoms with E-state index in [1.807, 2.05) is 0 Å². The largest absolute Gasteiger partial charge is 0.351 e. The number of nitrogens with two attached hydrogens (primary N) is 1. The van der Waals surface area contributed by atoms with Gasteiger partial charge in [-0.2, -0.15) is 0 Å². The minimum Gasteiger partial charge on any atom is -0.351 e. The normalized spacial score (nSPS) is 23.9. The Bertz CT molecular complexity index is 402. The van der Waals surface area contributed by atoms with Crippen molar-refractivity contribution < 1.29 is 4.79 Å². The number of aryl methyl sites for hydroxylation is 1. The van der Waals surface area contributed by atoms with Gasteiger partial charge in [-0.05, 0) is 42.7 Å². The fourth-order valence-electron chi connectivity index (χ4n) is 2.56. The van der Waals surface area contributed by atoms with Crippen LogP contribution in [0.5, 0.6) is 0 Å². The van der Waals surface area contributed by atoms with E-state index in [-0.39, 0.29) is 11.9 Å². The van der Waals surface area contributed by atoms with Crippen LogP contribution in [-0.4, -0.2) is 11.9 Å². The van der Waals surface area contributed by atoms with Crippen molar-refractivity contribution in [3.63, 3.8) is 0 Å². The lowest BCUT2D eigenvalue weighted by Gasteiger charge is -2.27. The Balaban J connectivity index is 1.76. The fraction of sp³-hybridized carbons (Fsp3) is 0.643. The molecule has 1 saturated carbocycles. The highest BCUT2D eigenvalue weighted by atomic mass is 32.1. The lowest BCUT2D eigenvalue weighted by molar-refractivity contribution is -0.122. The fourth-order valence-corrected chi connectivity index (χ4v) is 3.41. The number of carbonyl (C=O) groups excluding carboxylic acids is 1. The molecule has 1 aromatic rings. The quantitative estimate of drug-likeness (QED) is 0.880. The molecule has 1 heterocycles. The van der Waals surface area contributed by atoms with Gasteiger partial charge in [-0.25, -0.2) is 0 Å². The highest BCUT2D eigenvalue weighted by Crippen LogP contribution is 2.25. The Hall–Kier alpha value is -0.870. The monoisotopic (exact) mass is 266 g/mol. The van der Waals surface area contributed by atoms with E-state index in [9.17, 15) is 4.79 Å². The molecule has 1 aromatic heterocycles. The van der Waals surface area contributed by atoms with Gasteiger partial charge in [-0.15, -0.1) is 11.3 Å². The first-order valence-corrected chi connectivity index (χ1v) is 7.60. The van der Waals surface area contributed by atoms with Crippen LogP contribution in [0.3, 0.4) is 0 Å². The number of thiophene rings is 1. The van der Waals surface area contributed by atoms with Gasteiger partial charge in [0.05, 0.1) is 6.54 Å². The molecule has 1 fully saturated rings. The predicted octanol–water partition coefficient (Wildman–Crippen LogP) is 2.58. The maximum absolute atomic E-state index is 11.9. The van der Waals surface area contributed by atoms with E-state index < -0.39 is 0 Å². The maximum atomic E-state index is 11.9. The number of rotatable bonds is 4. The lowest BCUT2D eigenvalue weighted by Crippen LogP contribution is -2.36. The molecule has 0 radical (unpaired) electrons. The van der Waals surface area contributed by atoms with Crippen molar-refractivity contribution in [2.75, 3.05) is 0 Å². The van der Waals surface area contributed by atoms with Crippen molar-refractivity contribution in [3.8, 4) is 0 Å². The van der Waals surface area contributed by atoms with Crippen molar-refractivity contribution in [1.82, 2.24) is 5.32 Å². The van der Waals surface area contributed by atoms with E-state index in [2.05, 4.69) is 23.7 Å². The zero-order valence-corrected chi connectivity index (χ0v) is 11.8. The summed E-state index contributed by atoms with van der Waals surface area (Å²) in [6.07, 6.45) is 5.20. The summed E-state index contributed by atoms with van der Waals surface area (Å²) in [6, 6.07) is 2.30. The second kappa shape index (κ2) is 6.34. The van der Waals surface area contributed by atoms with Crippen molar-refractivity contribution in [1.29, 1.82) is 0 Å². The molecule has 0 bridgehead atoms. The average Bonchev–Trinajstić information content (AvgIpc) is 2.75. The van der Waals surface area contributed by atoms with Crippen LogP contribution in [0.1, 0.15) is 42.5 Å². The smallest absolute Gasteiger partial charge is 0.220 e. The minimum absolute atomic E-state index is 0.144. The summed E-state index contributed by atoms with van der Waals surface area (Å²) in [5.74, 6) is 0.522. The van der Waals surface area contributed by atoms with Gasteiger partial charge >= 0.3 is 0 Å². The van der Waals surface area contributed by atoms with Crippen molar-refractivity contribution in [3.05, 3.63) is 21.9 Å². The third-order valence-corrected chi connectivity index (χ3v) is 4.85. The van der Waals surface area contributed by atoms with Crippen LogP contribution >= 0.6 is 11.3 Å². The molecule has 4 heteroatoms. The van der Waals surface area contributed by atoms with Gasteiger partial charge in [-0.3, -0.25) is 4.79 Å². The average molecular weight is 266 g/mol. The number of carbonyl (C=O) groups is 1. The first kappa shape index (κ1) is 13.6. The second-order valence-corrected chi connectivity index (χ2v) is 6.22. The molecule has 1 aliphatic rings. The number of amides is 1. The standard InChI is InChI=1S/C14H22N2OS/c1-10-6-7-18-13(10)9-16-14(17)8-11-4-2-3-5-12(11)15/h6-7,11-12H,2-5,8-9,15H2,1H3,(H,16,17). The van der Waals surface area contributed by atoms with E-state index >= 15 is 0 Å². The Kier molecular flexibility index (Phi) is 4.78. The van der Waals surface area contributed by atoms with E-state index in [0.717, 1.165) is 12.8 Å². The summed E-state index contributed by atoms with van der Waals surface area (Å²) in [4.78, 5) is 13.1.